The zero-order chi connectivity index (χ0) is 25.0. The van der Waals surface area contributed by atoms with Crippen LogP contribution in [0.1, 0.15) is 50.5 Å². The molecule has 2 aromatic rings. The van der Waals surface area contributed by atoms with Gasteiger partial charge < -0.3 is 25.3 Å². The molecular weight excluding hydrogens is 458 g/mol. The van der Waals surface area contributed by atoms with Crippen LogP contribution in [0.5, 0.6) is 5.75 Å². The number of aromatic amines is 1. The molecule has 0 spiro atoms. The van der Waals surface area contributed by atoms with Gasteiger partial charge in [-0.1, -0.05) is 11.6 Å². The Hall–Kier alpha value is -3.25. The minimum Gasteiger partial charge on any atom is -0.496 e. The number of nitrogens with one attached hydrogen (secondary N) is 3. The fourth-order valence-corrected chi connectivity index (χ4v) is 4.57. The molecule has 10 heteroatoms. The number of fused-ring (bicyclic) bond motifs is 1. The number of benzene rings is 1. The third-order valence-corrected chi connectivity index (χ3v) is 6.11. The summed E-state index contributed by atoms with van der Waals surface area (Å²) < 4.78 is 5.32. The van der Waals surface area contributed by atoms with Crippen LogP contribution < -0.4 is 15.4 Å². The average molecular weight is 488 g/mol. The lowest BCUT2D eigenvalue weighted by atomic mass is 9.89. The molecule has 2 atom stereocenters. The van der Waals surface area contributed by atoms with Crippen LogP contribution in [0, 0.1) is 17.2 Å². The first-order valence-electron chi connectivity index (χ1n) is 11.2. The summed E-state index contributed by atoms with van der Waals surface area (Å²) in [5.41, 5.74) is 0.201. The Morgan fingerprint density at radius 1 is 1.35 bits per heavy atom. The summed E-state index contributed by atoms with van der Waals surface area (Å²) in [5, 5.41) is 16.4. The molecule has 9 nitrogen and oxygen atoms in total. The number of amides is 3. The van der Waals surface area contributed by atoms with Gasteiger partial charge >= 0.3 is 0 Å². The van der Waals surface area contributed by atoms with E-state index in [-0.39, 0.29) is 30.5 Å². The van der Waals surface area contributed by atoms with E-state index in [2.05, 4.69) is 21.7 Å². The minimum atomic E-state index is -0.794. The van der Waals surface area contributed by atoms with Gasteiger partial charge in [-0.25, -0.2) is 0 Å². The highest BCUT2D eigenvalue weighted by Gasteiger charge is 2.36. The molecule has 0 radical (unpaired) electrons. The number of carbonyl (C=O) groups is 3. The maximum atomic E-state index is 13.2. The van der Waals surface area contributed by atoms with Gasteiger partial charge in [-0.3, -0.25) is 14.4 Å². The molecule has 34 heavy (non-hydrogen) atoms. The topological polar surface area (TPSA) is 127 Å². The molecule has 3 amide bonds. The van der Waals surface area contributed by atoms with Crippen LogP contribution in [0.3, 0.4) is 0 Å². The summed E-state index contributed by atoms with van der Waals surface area (Å²) in [6, 6.07) is 6.36. The van der Waals surface area contributed by atoms with E-state index in [1.807, 2.05) is 20.8 Å². The third kappa shape index (κ3) is 5.62. The SMILES string of the molecule is COc1cc(Cl)cc2[nH]c(C(=O)NCC(=O)N(C(C#N)C[C@@H]3CCCNC3=O)C(C)(C)C)cc12. The van der Waals surface area contributed by atoms with Crippen molar-refractivity contribution < 1.29 is 19.1 Å². The van der Waals surface area contributed by atoms with Crippen LogP contribution in [0.15, 0.2) is 18.2 Å². The van der Waals surface area contributed by atoms with Gasteiger partial charge in [0, 0.05) is 28.4 Å². The van der Waals surface area contributed by atoms with Crippen molar-refractivity contribution in [1.29, 1.82) is 5.26 Å². The quantitative estimate of drug-likeness (QED) is 0.553. The predicted molar refractivity (Wildman–Crippen MR) is 129 cm³/mol. The normalized spacial score (nSPS) is 16.9. The average Bonchev–Trinajstić information content (AvgIpc) is 3.20. The van der Waals surface area contributed by atoms with Gasteiger partial charge in [0.25, 0.3) is 5.91 Å². The van der Waals surface area contributed by atoms with Crippen LogP contribution in [0.25, 0.3) is 10.9 Å². The van der Waals surface area contributed by atoms with Crippen molar-refractivity contribution in [2.24, 2.45) is 5.92 Å². The van der Waals surface area contributed by atoms with Gasteiger partial charge in [0.15, 0.2) is 0 Å². The van der Waals surface area contributed by atoms with Crippen LogP contribution in [-0.2, 0) is 9.59 Å². The zero-order valence-electron chi connectivity index (χ0n) is 19.8. The number of nitrogens with zero attached hydrogens (tertiary/aromatic N) is 2. The predicted octanol–water partition coefficient (Wildman–Crippen LogP) is 3.00. The summed E-state index contributed by atoms with van der Waals surface area (Å²) in [6.07, 6.45) is 1.78. The van der Waals surface area contributed by atoms with E-state index in [0.717, 1.165) is 6.42 Å². The van der Waals surface area contributed by atoms with Crippen molar-refractivity contribution in [2.75, 3.05) is 20.2 Å². The number of nitriles is 1. The number of halogens is 1. The molecule has 1 saturated heterocycles. The first-order chi connectivity index (χ1) is 16.0. The van der Waals surface area contributed by atoms with E-state index >= 15 is 0 Å². The summed E-state index contributed by atoms with van der Waals surface area (Å²) in [5.74, 6) is -0.761. The first-order valence-corrected chi connectivity index (χ1v) is 11.6. The first kappa shape index (κ1) is 25.4. The van der Waals surface area contributed by atoms with Crippen molar-refractivity contribution >= 4 is 40.2 Å². The minimum absolute atomic E-state index is 0.0875. The molecule has 1 aliphatic rings. The molecule has 0 aliphatic carbocycles. The van der Waals surface area contributed by atoms with E-state index in [1.54, 1.807) is 18.2 Å². The Kier molecular flexibility index (Phi) is 7.72. The highest BCUT2D eigenvalue weighted by atomic mass is 35.5. The molecule has 1 aliphatic heterocycles. The molecule has 1 fully saturated rings. The Balaban J connectivity index is 1.73. The Labute approximate surface area is 203 Å². The Morgan fingerprint density at radius 3 is 2.71 bits per heavy atom. The maximum absolute atomic E-state index is 13.2. The number of hydrogen-bond acceptors (Lipinski definition) is 5. The Bertz CT molecular complexity index is 1130. The molecule has 3 N–H and O–H groups in total. The summed E-state index contributed by atoms with van der Waals surface area (Å²) in [7, 11) is 1.51. The summed E-state index contributed by atoms with van der Waals surface area (Å²) in [6.45, 7) is 5.81. The van der Waals surface area contributed by atoms with E-state index < -0.39 is 23.4 Å². The van der Waals surface area contributed by atoms with Crippen molar-refractivity contribution in [2.45, 2.75) is 51.6 Å². The fraction of sp³-hybridized carbons (Fsp3) is 0.500. The highest BCUT2D eigenvalue weighted by Crippen LogP contribution is 2.30. The number of piperidine rings is 1. The molecule has 3 rings (SSSR count). The second-order valence-corrected chi connectivity index (χ2v) is 9.82. The molecule has 1 aromatic heterocycles. The fourth-order valence-electron chi connectivity index (χ4n) is 4.36. The van der Waals surface area contributed by atoms with E-state index in [1.165, 1.54) is 12.0 Å². The van der Waals surface area contributed by atoms with Gasteiger partial charge in [-0.2, -0.15) is 5.26 Å². The summed E-state index contributed by atoms with van der Waals surface area (Å²) >= 11 is 6.09. The van der Waals surface area contributed by atoms with E-state index in [4.69, 9.17) is 16.3 Å². The number of ether oxygens (including phenoxy) is 1. The number of rotatable bonds is 7. The second kappa shape index (κ2) is 10.3. The number of carbonyl (C=O) groups excluding carboxylic acids is 3. The van der Waals surface area contributed by atoms with Gasteiger partial charge in [-0.05, 0) is 58.2 Å². The molecule has 0 saturated carbocycles. The lowest BCUT2D eigenvalue weighted by molar-refractivity contribution is -0.138. The van der Waals surface area contributed by atoms with Gasteiger partial charge in [0.05, 0.1) is 25.2 Å². The molecular formula is C24H30ClN5O4. The third-order valence-electron chi connectivity index (χ3n) is 5.89. The van der Waals surface area contributed by atoms with Crippen molar-refractivity contribution in [3.63, 3.8) is 0 Å². The zero-order valence-corrected chi connectivity index (χ0v) is 20.6. The number of H-pyrrole nitrogens is 1. The van der Waals surface area contributed by atoms with Crippen LogP contribution in [-0.4, -0.2) is 59.4 Å². The van der Waals surface area contributed by atoms with E-state index in [9.17, 15) is 19.6 Å². The maximum Gasteiger partial charge on any atom is 0.268 e. The van der Waals surface area contributed by atoms with Gasteiger partial charge in [0.2, 0.25) is 11.8 Å². The van der Waals surface area contributed by atoms with Crippen molar-refractivity contribution in [1.82, 2.24) is 20.5 Å². The molecule has 0 bridgehead atoms. The molecule has 2 heterocycles. The van der Waals surface area contributed by atoms with Crippen molar-refractivity contribution in [3.05, 3.63) is 28.9 Å². The highest BCUT2D eigenvalue weighted by molar-refractivity contribution is 6.31. The smallest absolute Gasteiger partial charge is 0.268 e. The van der Waals surface area contributed by atoms with E-state index in [0.29, 0.717) is 34.6 Å². The molecule has 1 aromatic carbocycles. The van der Waals surface area contributed by atoms with Crippen LogP contribution >= 0.6 is 11.6 Å². The largest absolute Gasteiger partial charge is 0.496 e. The molecule has 182 valence electrons. The molecule has 1 unspecified atom stereocenters. The van der Waals surface area contributed by atoms with Crippen LogP contribution in [0.4, 0.5) is 0 Å². The second-order valence-electron chi connectivity index (χ2n) is 9.38. The summed E-state index contributed by atoms with van der Waals surface area (Å²) in [4.78, 5) is 42.6. The van der Waals surface area contributed by atoms with Crippen LogP contribution in [0.2, 0.25) is 5.02 Å². The van der Waals surface area contributed by atoms with Crippen molar-refractivity contribution in [3.8, 4) is 11.8 Å². The lowest BCUT2D eigenvalue weighted by Crippen LogP contribution is -2.55. The lowest BCUT2D eigenvalue weighted by Gasteiger charge is -2.40. The van der Waals surface area contributed by atoms with Gasteiger partial charge in [-0.15, -0.1) is 0 Å². The standard InChI is InChI=1S/C24H30ClN5O4/c1-24(2,3)30(16(12-26)8-14-6-5-7-27-22(14)32)21(31)13-28-23(33)19-11-17-18(29-19)9-15(25)10-20(17)34-4/h9-11,14,16,29H,5-8,13H2,1-4H3,(H,27,32)(H,28,33)/t14-,16?/m0/s1. The monoisotopic (exact) mass is 487 g/mol. The Morgan fingerprint density at radius 2 is 2.09 bits per heavy atom. The number of aromatic nitrogens is 1. The number of methoxy groups -OCH3 is 1. The number of hydrogen-bond donors (Lipinski definition) is 3. The van der Waals surface area contributed by atoms with Gasteiger partial charge in [0.1, 0.15) is 17.5 Å².